The van der Waals surface area contributed by atoms with Gasteiger partial charge in [0, 0.05) is 6.04 Å². The standard InChI is InChI=1S/C3H7NO3.C3H7N/c4-2(1-5)3(6)7;4-3-1-2-3/h2,5H,1,4H2,(H,6,7);3H,1-2,4H2/t2-;/m0./s1. The van der Waals surface area contributed by atoms with E-state index in [1.807, 2.05) is 0 Å². The Morgan fingerprint density at radius 2 is 2.00 bits per heavy atom. The summed E-state index contributed by atoms with van der Waals surface area (Å²) in [5.74, 6) is -1.18. The van der Waals surface area contributed by atoms with Gasteiger partial charge in [0.05, 0.1) is 6.61 Å². The summed E-state index contributed by atoms with van der Waals surface area (Å²) in [7, 11) is 0. The highest BCUT2D eigenvalue weighted by Gasteiger charge is 2.13. The molecule has 0 radical (unpaired) electrons. The lowest BCUT2D eigenvalue weighted by atomic mass is 10.3. The highest BCUT2D eigenvalue weighted by atomic mass is 16.4. The molecule has 66 valence electrons. The van der Waals surface area contributed by atoms with Gasteiger partial charge in [-0.25, -0.2) is 0 Å². The Bertz CT molecular complexity index is 125. The molecule has 5 heteroatoms. The van der Waals surface area contributed by atoms with Crippen LogP contribution >= 0.6 is 0 Å². The number of rotatable bonds is 2. The largest absolute Gasteiger partial charge is 0.480 e. The van der Waals surface area contributed by atoms with Crippen LogP contribution in [0.3, 0.4) is 0 Å². The van der Waals surface area contributed by atoms with E-state index in [4.69, 9.17) is 21.7 Å². The Morgan fingerprint density at radius 3 is 2.00 bits per heavy atom. The minimum atomic E-state index is -1.18. The van der Waals surface area contributed by atoms with Crippen LogP contribution in [-0.2, 0) is 4.79 Å². The van der Waals surface area contributed by atoms with Gasteiger partial charge in [-0.1, -0.05) is 0 Å². The summed E-state index contributed by atoms with van der Waals surface area (Å²) in [6, 6.07) is -0.542. The molecule has 0 saturated heterocycles. The Balaban J connectivity index is 0.000000207. The first-order valence-electron chi connectivity index (χ1n) is 3.42. The van der Waals surface area contributed by atoms with E-state index in [9.17, 15) is 4.79 Å². The van der Waals surface area contributed by atoms with Crippen molar-refractivity contribution in [1.29, 1.82) is 0 Å². The molecule has 0 heterocycles. The molecule has 1 saturated carbocycles. The lowest BCUT2D eigenvalue weighted by molar-refractivity contribution is -0.139. The summed E-state index contributed by atoms with van der Waals surface area (Å²) < 4.78 is 0. The van der Waals surface area contributed by atoms with Crippen LogP contribution in [0.5, 0.6) is 0 Å². The zero-order valence-electron chi connectivity index (χ0n) is 6.23. The molecule has 1 atom stereocenters. The Morgan fingerprint density at radius 1 is 1.64 bits per heavy atom. The molecule has 1 aliphatic carbocycles. The van der Waals surface area contributed by atoms with Gasteiger partial charge in [0.2, 0.25) is 0 Å². The van der Waals surface area contributed by atoms with E-state index < -0.39 is 18.6 Å². The average molecular weight is 162 g/mol. The highest BCUT2D eigenvalue weighted by Crippen LogP contribution is 2.13. The molecular formula is C6H14N2O3. The van der Waals surface area contributed by atoms with E-state index >= 15 is 0 Å². The first kappa shape index (κ1) is 10.3. The van der Waals surface area contributed by atoms with Crippen LogP contribution in [0.25, 0.3) is 0 Å². The second kappa shape index (κ2) is 5.06. The van der Waals surface area contributed by atoms with Crippen molar-refractivity contribution in [2.75, 3.05) is 6.61 Å². The van der Waals surface area contributed by atoms with Crippen molar-refractivity contribution in [2.24, 2.45) is 11.5 Å². The Kier molecular flexibility index (Phi) is 4.76. The first-order valence-corrected chi connectivity index (χ1v) is 3.42. The van der Waals surface area contributed by atoms with Crippen molar-refractivity contribution >= 4 is 5.97 Å². The smallest absolute Gasteiger partial charge is 0.322 e. The fourth-order valence-corrected chi connectivity index (χ4v) is 0.174. The van der Waals surface area contributed by atoms with Gasteiger partial charge in [0.15, 0.2) is 0 Å². The van der Waals surface area contributed by atoms with Crippen LogP contribution < -0.4 is 11.5 Å². The fraction of sp³-hybridized carbons (Fsp3) is 0.833. The molecule has 11 heavy (non-hydrogen) atoms. The lowest BCUT2D eigenvalue weighted by Gasteiger charge is -1.96. The van der Waals surface area contributed by atoms with Crippen molar-refractivity contribution in [3.8, 4) is 0 Å². The number of nitrogens with two attached hydrogens (primary N) is 2. The van der Waals surface area contributed by atoms with E-state index in [0.29, 0.717) is 6.04 Å². The summed E-state index contributed by atoms with van der Waals surface area (Å²) in [5.41, 5.74) is 9.99. The summed E-state index contributed by atoms with van der Waals surface area (Å²) in [4.78, 5) is 9.65. The zero-order chi connectivity index (χ0) is 8.85. The number of hydrogen-bond acceptors (Lipinski definition) is 4. The summed E-state index contributed by atoms with van der Waals surface area (Å²) in [6.07, 6.45) is 2.53. The molecular weight excluding hydrogens is 148 g/mol. The molecule has 0 amide bonds. The van der Waals surface area contributed by atoms with Gasteiger partial charge >= 0.3 is 5.97 Å². The van der Waals surface area contributed by atoms with Crippen LogP contribution in [0.2, 0.25) is 0 Å². The van der Waals surface area contributed by atoms with E-state index in [2.05, 4.69) is 0 Å². The minimum absolute atomic E-state index is 0.505. The summed E-state index contributed by atoms with van der Waals surface area (Å²) >= 11 is 0. The van der Waals surface area contributed by atoms with E-state index in [0.717, 1.165) is 0 Å². The fourth-order valence-electron chi connectivity index (χ4n) is 0.174. The van der Waals surface area contributed by atoms with E-state index in [1.54, 1.807) is 0 Å². The molecule has 1 aliphatic rings. The molecule has 0 spiro atoms. The highest BCUT2D eigenvalue weighted by molar-refractivity contribution is 5.73. The first-order chi connectivity index (χ1) is 5.07. The number of aliphatic hydroxyl groups excluding tert-OH is 1. The maximum atomic E-state index is 9.65. The number of aliphatic hydroxyl groups is 1. The second-order valence-corrected chi connectivity index (χ2v) is 2.46. The topological polar surface area (TPSA) is 110 Å². The molecule has 6 N–H and O–H groups in total. The van der Waals surface area contributed by atoms with Gasteiger partial charge in [0.25, 0.3) is 0 Å². The third-order valence-electron chi connectivity index (χ3n) is 1.14. The van der Waals surface area contributed by atoms with Crippen molar-refractivity contribution in [3.05, 3.63) is 0 Å². The number of carboxylic acid groups (broad SMARTS) is 1. The molecule has 0 bridgehead atoms. The van der Waals surface area contributed by atoms with E-state index in [1.165, 1.54) is 12.8 Å². The molecule has 5 nitrogen and oxygen atoms in total. The SMILES string of the molecule is NC1CC1.N[C@@H](CO)C(=O)O. The number of carbonyl (C=O) groups is 1. The molecule has 0 aliphatic heterocycles. The third-order valence-corrected chi connectivity index (χ3v) is 1.14. The number of carboxylic acids is 1. The normalized spacial score (nSPS) is 18.1. The van der Waals surface area contributed by atoms with Gasteiger partial charge in [-0.05, 0) is 12.8 Å². The summed E-state index contributed by atoms with van der Waals surface area (Å²) in [6.45, 7) is -0.505. The Hall–Kier alpha value is -0.650. The third kappa shape index (κ3) is 7.24. The predicted molar refractivity (Wildman–Crippen MR) is 39.9 cm³/mol. The van der Waals surface area contributed by atoms with Gasteiger partial charge in [0.1, 0.15) is 6.04 Å². The predicted octanol–water partition coefficient (Wildman–Crippen LogP) is -1.50. The minimum Gasteiger partial charge on any atom is -0.480 e. The quantitative estimate of drug-likeness (QED) is 0.395. The number of hydrogen-bond donors (Lipinski definition) is 4. The molecule has 1 rings (SSSR count). The molecule has 0 aromatic heterocycles. The van der Waals surface area contributed by atoms with Crippen molar-refractivity contribution in [1.82, 2.24) is 0 Å². The van der Waals surface area contributed by atoms with Crippen LogP contribution in [0.4, 0.5) is 0 Å². The van der Waals surface area contributed by atoms with Crippen LogP contribution in [-0.4, -0.2) is 34.9 Å². The maximum absolute atomic E-state index is 9.65. The molecule has 1 fully saturated rings. The van der Waals surface area contributed by atoms with Gasteiger partial charge < -0.3 is 21.7 Å². The lowest BCUT2D eigenvalue weighted by Crippen LogP contribution is -2.33. The van der Waals surface area contributed by atoms with Crippen molar-refractivity contribution < 1.29 is 15.0 Å². The van der Waals surface area contributed by atoms with Crippen LogP contribution in [0.15, 0.2) is 0 Å². The average Bonchev–Trinajstić information content (AvgIpc) is 2.71. The molecule has 0 aromatic rings. The van der Waals surface area contributed by atoms with Crippen molar-refractivity contribution in [3.63, 3.8) is 0 Å². The Labute approximate surface area is 65.0 Å². The second-order valence-electron chi connectivity index (χ2n) is 2.46. The van der Waals surface area contributed by atoms with Gasteiger partial charge in [-0.3, -0.25) is 4.79 Å². The van der Waals surface area contributed by atoms with E-state index in [-0.39, 0.29) is 0 Å². The van der Waals surface area contributed by atoms with Crippen molar-refractivity contribution in [2.45, 2.75) is 24.9 Å². The molecule has 0 unspecified atom stereocenters. The summed E-state index contributed by atoms with van der Waals surface area (Å²) in [5, 5.41) is 15.9. The number of aliphatic carboxylic acids is 1. The zero-order valence-corrected chi connectivity index (χ0v) is 6.23. The van der Waals surface area contributed by atoms with Crippen LogP contribution in [0.1, 0.15) is 12.8 Å². The van der Waals surface area contributed by atoms with Gasteiger partial charge in [-0.2, -0.15) is 0 Å². The van der Waals surface area contributed by atoms with Gasteiger partial charge in [-0.15, -0.1) is 0 Å². The van der Waals surface area contributed by atoms with Crippen LogP contribution in [0, 0.1) is 0 Å². The molecule has 0 aromatic carbocycles. The maximum Gasteiger partial charge on any atom is 0.322 e. The monoisotopic (exact) mass is 162 g/mol.